The Morgan fingerprint density at radius 2 is 1.71 bits per heavy atom. The Bertz CT molecular complexity index is 1780. The average Bonchev–Trinajstić information content (AvgIpc) is 3.32. The van der Waals surface area contributed by atoms with Crippen molar-refractivity contribution in [1.82, 2.24) is 9.97 Å². The van der Waals surface area contributed by atoms with E-state index in [1.807, 2.05) is 67.7 Å². The van der Waals surface area contributed by atoms with Crippen molar-refractivity contribution < 1.29 is 28.6 Å². The molecule has 3 aromatic heterocycles. The van der Waals surface area contributed by atoms with E-state index in [1.54, 1.807) is 18.3 Å². The van der Waals surface area contributed by atoms with Crippen LogP contribution in [0.1, 0.15) is 15.2 Å². The summed E-state index contributed by atoms with van der Waals surface area (Å²) in [6.45, 7) is 6.63. The average molecular weight is 694 g/mol. The molecule has 1 radical (unpaired) electrons. The van der Waals surface area contributed by atoms with E-state index in [0.29, 0.717) is 16.8 Å². The second kappa shape index (κ2) is 11.6. The molecule has 0 fully saturated rings. The Morgan fingerprint density at radius 3 is 2.42 bits per heavy atom. The van der Waals surface area contributed by atoms with Gasteiger partial charge in [-0.25, -0.2) is 0 Å². The fourth-order valence-corrected chi connectivity index (χ4v) is 5.83. The molecular formula is C33H30IrN2OSi-2. The van der Waals surface area contributed by atoms with Crippen LogP contribution in [0.4, 0.5) is 0 Å². The SMILES string of the molecule is Cc1ccc(-c2[c-]cccc2)nc1.[2H]C([2H])([2H])c1cccnc1-c1[c-]cc([Si](C)(C)C)c2c1oc1ccccc12.[Ir]. The Labute approximate surface area is 243 Å². The Hall–Kier alpha value is -3.37. The molecule has 193 valence electrons. The number of furan rings is 1. The van der Waals surface area contributed by atoms with Gasteiger partial charge in [-0.15, -0.1) is 53.2 Å². The van der Waals surface area contributed by atoms with Gasteiger partial charge in [0, 0.05) is 50.1 Å². The van der Waals surface area contributed by atoms with Crippen LogP contribution < -0.4 is 5.19 Å². The molecule has 0 aliphatic heterocycles. The van der Waals surface area contributed by atoms with E-state index in [2.05, 4.69) is 53.9 Å². The zero-order valence-corrected chi connectivity index (χ0v) is 25.2. The van der Waals surface area contributed by atoms with E-state index in [-0.39, 0.29) is 25.7 Å². The smallest absolute Gasteiger partial charge is 0.120 e. The molecule has 6 rings (SSSR count). The third kappa shape index (κ3) is 5.71. The topological polar surface area (TPSA) is 38.9 Å². The Balaban J connectivity index is 0.000000233. The molecule has 0 saturated heterocycles. The minimum absolute atomic E-state index is 0. The normalized spacial score (nSPS) is 12.6. The third-order valence-electron chi connectivity index (χ3n) is 6.20. The first kappa shape index (κ1) is 23.7. The van der Waals surface area contributed by atoms with Crippen LogP contribution >= 0.6 is 0 Å². The number of hydrogen-bond donors (Lipinski definition) is 0. The number of aryl methyl sites for hydroxylation is 2. The van der Waals surface area contributed by atoms with Crippen LogP contribution in [0.25, 0.3) is 44.5 Å². The summed E-state index contributed by atoms with van der Waals surface area (Å²) >= 11 is 0. The molecule has 5 heteroatoms. The second-order valence-electron chi connectivity index (χ2n) is 10.0. The van der Waals surface area contributed by atoms with Crippen LogP contribution in [0.15, 0.2) is 95.7 Å². The molecule has 0 atom stereocenters. The van der Waals surface area contributed by atoms with Gasteiger partial charge in [0.2, 0.25) is 0 Å². The van der Waals surface area contributed by atoms with Gasteiger partial charge in [0.05, 0.1) is 5.58 Å². The monoisotopic (exact) mass is 694 g/mol. The molecule has 3 heterocycles. The Kier molecular flexibility index (Phi) is 7.22. The largest absolute Gasteiger partial charge is 0.501 e. The molecule has 0 aliphatic rings. The summed E-state index contributed by atoms with van der Waals surface area (Å²) in [6.07, 6.45) is 3.48. The first-order valence-corrected chi connectivity index (χ1v) is 15.8. The van der Waals surface area contributed by atoms with Crippen molar-refractivity contribution in [2.24, 2.45) is 0 Å². The number of aromatic nitrogens is 2. The minimum atomic E-state index is -2.26. The van der Waals surface area contributed by atoms with E-state index in [1.165, 1.54) is 10.8 Å². The van der Waals surface area contributed by atoms with Gasteiger partial charge in [-0.2, -0.15) is 0 Å². The van der Waals surface area contributed by atoms with Crippen molar-refractivity contribution in [3.63, 3.8) is 0 Å². The summed E-state index contributed by atoms with van der Waals surface area (Å²) in [6, 6.07) is 31.6. The zero-order chi connectivity index (χ0) is 28.5. The molecule has 0 spiro atoms. The molecule has 0 bridgehead atoms. The molecule has 0 saturated carbocycles. The maximum absolute atomic E-state index is 7.88. The van der Waals surface area contributed by atoms with Gasteiger partial charge in [-0.3, -0.25) is 0 Å². The standard InChI is InChI=1S/C21H20NOSi.C12H10N.Ir/c1-14-8-7-13-22-20(14)16-11-12-18(24(2,3)4)19-15-9-5-6-10-17(15)23-21(16)19;1-10-7-8-12(13-9-10)11-5-3-2-4-6-11;/h5-10,12-13H,1-4H3;2-5,7-9H,1H3;/q2*-1;/i1D3;;. The molecular weight excluding hydrogens is 661 g/mol. The van der Waals surface area contributed by atoms with Crippen LogP contribution in [0.5, 0.6) is 0 Å². The van der Waals surface area contributed by atoms with Crippen molar-refractivity contribution in [3.05, 3.63) is 115 Å². The number of benzene rings is 3. The Morgan fingerprint density at radius 1 is 0.895 bits per heavy atom. The zero-order valence-electron chi connectivity index (χ0n) is 24.8. The molecule has 0 aliphatic carbocycles. The summed E-state index contributed by atoms with van der Waals surface area (Å²) in [7, 11) is -1.68. The summed E-state index contributed by atoms with van der Waals surface area (Å²) in [4.78, 5) is 8.70. The summed E-state index contributed by atoms with van der Waals surface area (Å²) in [5.74, 6) is 0. The van der Waals surface area contributed by atoms with Crippen LogP contribution in [-0.4, -0.2) is 18.0 Å². The summed E-state index contributed by atoms with van der Waals surface area (Å²) < 4.78 is 29.8. The summed E-state index contributed by atoms with van der Waals surface area (Å²) in [5, 5.41) is 3.35. The number of fused-ring (bicyclic) bond motifs is 3. The van der Waals surface area contributed by atoms with E-state index in [4.69, 9.17) is 8.53 Å². The number of nitrogens with zero attached hydrogens (tertiary/aromatic N) is 2. The van der Waals surface area contributed by atoms with Gasteiger partial charge < -0.3 is 14.4 Å². The van der Waals surface area contributed by atoms with Crippen molar-refractivity contribution in [3.8, 4) is 22.5 Å². The van der Waals surface area contributed by atoms with E-state index >= 15 is 0 Å². The molecule has 38 heavy (non-hydrogen) atoms. The van der Waals surface area contributed by atoms with Crippen molar-refractivity contribution >= 4 is 35.2 Å². The fraction of sp³-hybridized carbons (Fsp3) is 0.152. The van der Waals surface area contributed by atoms with Crippen molar-refractivity contribution in [2.75, 3.05) is 0 Å². The van der Waals surface area contributed by atoms with Gasteiger partial charge >= 0.3 is 0 Å². The summed E-state index contributed by atoms with van der Waals surface area (Å²) in [5.41, 5.74) is 5.88. The maximum Gasteiger partial charge on any atom is 0.120 e. The van der Waals surface area contributed by atoms with Crippen molar-refractivity contribution in [1.29, 1.82) is 0 Å². The predicted octanol–water partition coefficient (Wildman–Crippen LogP) is 8.16. The van der Waals surface area contributed by atoms with Crippen LogP contribution in [0, 0.1) is 25.9 Å². The third-order valence-corrected chi connectivity index (χ3v) is 8.21. The quantitative estimate of drug-likeness (QED) is 0.139. The molecule has 0 amide bonds. The molecule has 3 nitrogen and oxygen atoms in total. The van der Waals surface area contributed by atoms with Gasteiger partial charge in [-0.05, 0) is 42.9 Å². The maximum atomic E-state index is 7.88. The minimum Gasteiger partial charge on any atom is -0.501 e. The number of para-hydroxylation sites is 1. The van der Waals surface area contributed by atoms with Gasteiger partial charge in [0.15, 0.2) is 0 Å². The van der Waals surface area contributed by atoms with Gasteiger partial charge in [-0.1, -0.05) is 72.6 Å². The predicted molar refractivity (Wildman–Crippen MR) is 157 cm³/mol. The van der Waals surface area contributed by atoms with Crippen LogP contribution in [-0.2, 0) is 20.1 Å². The first-order valence-electron chi connectivity index (χ1n) is 13.8. The van der Waals surface area contributed by atoms with Crippen LogP contribution in [0.3, 0.4) is 0 Å². The van der Waals surface area contributed by atoms with E-state index < -0.39 is 14.9 Å². The molecule has 0 unspecified atom stereocenters. The number of pyridine rings is 2. The van der Waals surface area contributed by atoms with Gasteiger partial charge in [0.1, 0.15) is 5.58 Å². The fourth-order valence-electron chi connectivity index (χ4n) is 4.32. The first-order chi connectivity index (χ1) is 19.0. The molecule has 6 aromatic rings. The van der Waals surface area contributed by atoms with Crippen molar-refractivity contribution in [2.45, 2.75) is 33.4 Å². The van der Waals surface area contributed by atoms with Crippen LogP contribution in [0.2, 0.25) is 19.6 Å². The second-order valence-corrected chi connectivity index (χ2v) is 15.1. The van der Waals surface area contributed by atoms with E-state index in [0.717, 1.165) is 27.6 Å². The number of rotatable bonds is 3. The number of hydrogen-bond acceptors (Lipinski definition) is 3. The molecule has 0 N–H and O–H groups in total. The van der Waals surface area contributed by atoms with E-state index in [9.17, 15) is 0 Å². The molecule has 3 aromatic carbocycles. The van der Waals surface area contributed by atoms with Gasteiger partial charge in [0.25, 0.3) is 0 Å².